The third kappa shape index (κ3) is 2.90. The minimum absolute atomic E-state index is 0.244. The lowest BCUT2D eigenvalue weighted by Gasteiger charge is -2.44. The second-order valence-electron chi connectivity index (χ2n) is 6.62. The summed E-state index contributed by atoms with van der Waals surface area (Å²) in [6, 6.07) is 3.81. The number of rotatable bonds is 5. The number of halogens is 2. The molecule has 0 unspecified atom stereocenters. The van der Waals surface area contributed by atoms with E-state index in [1.807, 2.05) is 29.5 Å². The zero-order chi connectivity index (χ0) is 18.3. The van der Waals surface area contributed by atoms with Gasteiger partial charge in [-0.2, -0.15) is 0 Å². The van der Waals surface area contributed by atoms with Gasteiger partial charge in [0.25, 0.3) is 0 Å². The van der Waals surface area contributed by atoms with E-state index in [0.717, 1.165) is 42.9 Å². The van der Waals surface area contributed by atoms with Crippen LogP contribution in [0.25, 0.3) is 5.65 Å². The summed E-state index contributed by atoms with van der Waals surface area (Å²) in [5.74, 6) is 0.913. The number of aromatic nitrogens is 4. The van der Waals surface area contributed by atoms with Crippen molar-refractivity contribution < 1.29 is 8.78 Å². The van der Waals surface area contributed by atoms with Gasteiger partial charge in [-0.3, -0.25) is 9.30 Å². The molecule has 26 heavy (non-hydrogen) atoms. The van der Waals surface area contributed by atoms with E-state index in [-0.39, 0.29) is 11.9 Å². The minimum Gasteiger partial charge on any atom is -0.350 e. The maximum Gasteiger partial charge on any atom is 0.203 e. The molecule has 0 amide bonds. The van der Waals surface area contributed by atoms with Crippen molar-refractivity contribution >= 4 is 11.5 Å². The predicted molar refractivity (Wildman–Crippen MR) is 94.0 cm³/mol. The SMILES string of the molecule is CCc1nnc2c(N3CC(N(C)Cc4cc(F)ccc4F)C3)nccn12. The van der Waals surface area contributed by atoms with E-state index >= 15 is 0 Å². The summed E-state index contributed by atoms with van der Waals surface area (Å²) in [6.45, 7) is 3.92. The minimum atomic E-state index is -0.417. The number of aryl methyl sites for hydroxylation is 1. The molecule has 6 nitrogen and oxygen atoms in total. The van der Waals surface area contributed by atoms with Crippen LogP contribution in [-0.4, -0.2) is 50.7 Å². The first kappa shape index (κ1) is 16.8. The van der Waals surface area contributed by atoms with Crippen LogP contribution in [0.3, 0.4) is 0 Å². The van der Waals surface area contributed by atoms with Crippen LogP contribution < -0.4 is 4.90 Å². The van der Waals surface area contributed by atoms with Gasteiger partial charge in [0.15, 0.2) is 5.82 Å². The Morgan fingerprint density at radius 2 is 2.04 bits per heavy atom. The fourth-order valence-corrected chi connectivity index (χ4v) is 3.29. The van der Waals surface area contributed by atoms with Crippen LogP contribution in [0, 0.1) is 11.6 Å². The van der Waals surface area contributed by atoms with Gasteiger partial charge >= 0.3 is 0 Å². The molecule has 3 heterocycles. The van der Waals surface area contributed by atoms with Gasteiger partial charge in [0, 0.05) is 50.1 Å². The summed E-state index contributed by atoms with van der Waals surface area (Å²) in [5, 5.41) is 8.46. The number of hydrogen-bond acceptors (Lipinski definition) is 5. The number of hydrogen-bond donors (Lipinski definition) is 0. The highest BCUT2D eigenvalue weighted by Crippen LogP contribution is 2.26. The number of fused-ring (bicyclic) bond motifs is 1. The van der Waals surface area contributed by atoms with E-state index in [1.54, 1.807) is 6.20 Å². The van der Waals surface area contributed by atoms with Gasteiger partial charge in [-0.1, -0.05) is 6.92 Å². The van der Waals surface area contributed by atoms with E-state index in [1.165, 1.54) is 12.1 Å². The van der Waals surface area contributed by atoms with Crippen LogP contribution in [0.4, 0.5) is 14.6 Å². The Kier molecular flexibility index (Phi) is 4.28. The maximum absolute atomic E-state index is 13.8. The van der Waals surface area contributed by atoms with Crippen molar-refractivity contribution in [1.29, 1.82) is 0 Å². The maximum atomic E-state index is 13.8. The molecule has 8 heteroatoms. The molecule has 0 spiro atoms. The van der Waals surface area contributed by atoms with Crippen LogP contribution >= 0.6 is 0 Å². The van der Waals surface area contributed by atoms with Crippen molar-refractivity contribution in [1.82, 2.24) is 24.5 Å². The molecule has 1 aromatic carbocycles. The largest absolute Gasteiger partial charge is 0.350 e. The number of anilines is 1. The number of likely N-dealkylation sites (N-methyl/N-ethyl adjacent to an activating group) is 1. The molecule has 0 N–H and O–H groups in total. The zero-order valence-corrected chi connectivity index (χ0v) is 14.7. The van der Waals surface area contributed by atoms with Crippen molar-refractivity contribution in [2.45, 2.75) is 25.9 Å². The highest BCUT2D eigenvalue weighted by Gasteiger charge is 2.33. The van der Waals surface area contributed by atoms with E-state index < -0.39 is 5.82 Å². The van der Waals surface area contributed by atoms with Crippen LogP contribution in [0.2, 0.25) is 0 Å². The quantitative estimate of drug-likeness (QED) is 0.700. The van der Waals surface area contributed by atoms with Gasteiger partial charge in [0.1, 0.15) is 17.5 Å². The topological polar surface area (TPSA) is 49.6 Å². The van der Waals surface area contributed by atoms with Gasteiger partial charge in [-0.25, -0.2) is 13.8 Å². The second kappa shape index (κ2) is 6.60. The van der Waals surface area contributed by atoms with Crippen molar-refractivity contribution in [2.24, 2.45) is 0 Å². The molecule has 1 fully saturated rings. The smallest absolute Gasteiger partial charge is 0.203 e. The first-order valence-electron chi connectivity index (χ1n) is 8.64. The van der Waals surface area contributed by atoms with Crippen LogP contribution in [0.15, 0.2) is 30.6 Å². The fourth-order valence-electron chi connectivity index (χ4n) is 3.29. The average molecular weight is 358 g/mol. The lowest BCUT2D eigenvalue weighted by Crippen LogP contribution is -2.58. The summed E-state index contributed by atoms with van der Waals surface area (Å²) < 4.78 is 29.1. The van der Waals surface area contributed by atoms with Gasteiger partial charge in [-0.05, 0) is 25.2 Å². The van der Waals surface area contributed by atoms with Gasteiger partial charge in [0.05, 0.1) is 0 Å². The molecule has 0 bridgehead atoms. The molecular formula is C18H20F2N6. The fraction of sp³-hybridized carbons (Fsp3) is 0.389. The standard InChI is InChI=1S/C18H20F2N6/c1-3-16-22-23-18-17(21-6-7-26(16)18)25-10-14(11-25)24(2)9-12-8-13(19)4-5-15(12)20/h4-8,14H,3,9-11H2,1-2H3. The first-order chi connectivity index (χ1) is 12.6. The lowest BCUT2D eigenvalue weighted by atomic mass is 10.1. The molecule has 1 saturated heterocycles. The molecule has 1 aliphatic heterocycles. The molecule has 0 atom stereocenters. The monoisotopic (exact) mass is 358 g/mol. The Bertz CT molecular complexity index is 935. The van der Waals surface area contributed by atoms with E-state index in [2.05, 4.69) is 20.1 Å². The highest BCUT2D eigenvalue weighted by molar-refractivity contribution is 5.65. The van der Waals surface area contributed by atoms with Gasteiger partial charge in [-0.15, -0.1) is 10.2 Å². The first-order valence-corrected chi connectivity index (χ1v) is 8.64. The Hall–Kier alpha value is -2.61. The third-order valence-electron chi connectivity index (χ3n) is 4.91. The summed E-state index contributed by atoms with van der Waals surface area (Å²) in [7, 11) is 1.92. The number of benzene rings is 1. The van der Waals surface area contributed by atoms with Crippen molar-refractivity contribution in [3.63, 3.8) is 0 Å². The van der Waals surface area contributed by atoms with Gasteiger partial charge < -0.3 is 4.90 Å². The Morgan fingerprint density at radius 1 is 1.23 bits per heavy atom. The average Bonchev–Trinajstić information content (AvgIpc) is 3.01. The van der Waals surface area contributed by atoms with E-state index in [9.17, 15) is 8.78 Å². The molecule has 0 saturated carbocycles. The molecule has 0 aliphatic carbocycles. The lowest BCUT2D eigenvalue weighted by molar-refractivity contribution is 0.194. The molecule has 0 radical (unpaired) electrons. The Labute approximate surface area is 150 Å². The molecule has 2 aromatic heterocycles. The van der Waals surface area contributed by atoms with Gasteiger partial charge in [0.2, 0.25) is 5.65 Å². The predicted octanol–water partition coefficient (Wildman–Crippen LogP) is 2.29. The second-order valence-corrected chi connectivity index (χ2v) is 6.62. The van der Waals surface area contributed by atoms with Crippen molar-refractivity contribution in [2.75, 3.05) is 25.0 Å². The number of nitrogens with zero attached hydrogens (tertiary/aromatic N) is 6. The van der Waals surface area contributed by atoms with Crippen LogP contribution in [-0.2, 0) is 13.0 Å². The normalized spacial score (nSPS) is 15.0. The third-order valence-corrected chi connectivity index (χ3v) is 4.91. The Morgan fingerprint density at radius 3 is 2.81 bits per heavy atom. The molecule has 136 valence electrons. The molecule has 4 rings (SSSR count). The zero-order valence-electron chi connectivity index (χ0n) is 14.7. The van der Waals surface area contributed by atoms with Crippen LogP contribution in [0.5, 0.6) is 0 Å². The Balaban J connectivity index is 1.45. The summed E-state index contributed by atoms with van der Waals surface area (Å²) in [5.41, 5.74) is 1.12. The highest BCUT2D eigenvalue weighted by atomic mass is 19.1. The summed E-state index contributed by atoms with van der Waals surface area (Å²) in [4.78, 5) is 8.62. The van der Waals surface area contributed by atoms with E-state index in [0.29, 0.717) is 12.1 Å². The molecule has 3 aromatic rings. The molecular weight excluding hydrogens is 338 g/mol. The molecule has 1 aliphatic rings. The summed E-state index contributed by atoms with van der Waals surface area (Å²) in [6.07, 6.45) is 4.42. The van der Waals surface area contributed by atoms with Crippen LogP contribution in [0.1, 0.15) is 18.3 Å². The summed E-state index contributed by atoms with van der Waals surface area (Å²) >= 11 is 0. The van der Waals surface area contributed by atoms with Crippen molar-refractivity contribution in [3.8, 4) is 0 Å². The van der Waals surface area contributed by atoms with Crippen molar-refractivity contribution in [3.05, 3.63) is 53.6 Å². The van der Waals surface area contributed by atoms with E-state index in [4.69, 9.17) is 0 Å².